The molecule has 0 aromatic heterocycles. The average molecular weight is 332 g/mol. The minimum atomic E-state index is 0.221. The third-order valence-electron chi connectivity index (χ3n) is 4.29. The molecule has 132 valence electrons. The number of methoxy groups -OCH3 is 1. The van der Waals surface area contributed by atoms with Gasteiger partial charge in [-0.3, -0.25) is 9.79 Å². The molecule has 0 saturated carbocycles. The second-order valence-corrected chi connectivity index (χ2v) is 5.88. The van der Waals surface area contributed by atoms with Crippen LogP contribution in [-0.2, 0) is 11.2 Å². The highest BCUT2D eigenvalue weighted by atomic mass is 16.5. The maximum absolute atomic E-state index is 11.7. The fraction of sp³-hybridized carbons (Fsp3) is 0.556. The van der Waals surface area contributed by atoms with Gasteiger partial charge in [-0.2, -0.15) is 0 Å². The number of nitrogens with zero attached hydrogens (tertiary/aromatic N) is 2. The first kappa shape index (κ1) is 18.1. The van der Waals surface area contributed by atoms with Gasteiger partial charge in [0.2, 0.25) is 5.91 Å². The van der Waals surface area contributed by atoms with Crippen LogP contribution >= 0.6 is 0 Å². The molecule has 1 unspecified atom stereocenters. The van der Waals surface area contributed by atoms with E-state index in [0.29, 0.717) is 6.42 Å². The van der Waals surface area contributed by atoms with Crippen LogP contribution in [0.15, 0.2) is 29.3 Å². The first-order valence-corrected chi connectivity index (χ1v) is 8.54. The Morgan fingerprint density at radius 2 is 2.21 bits per heavy atom. The van der Waals surface area contributed by atoms with Crippen molar-refractivity contribution < 1.29 is 9.53 Å². The molecular weight excluding hydrogens is 304 g/mol. The molecule has 24 heavy (non-hydrogen) atoms. The van der Waals surface area contributed by atoms with Crippen LogP contribution in [0.2, 0.25) is 0 Å². The molecule has 1 aromatic carbocycles. The first-order chi connectivity index (χ1) is 11.7. The fourth-order valence-corrected chi connectivity index (χ4v) is 2.94. The number of ether oxygens (including phenoxy) is 1. The van der Waals surface area contributed by atoms with Crippen LogP contribution < -0.4 is 15.4 Å². The van der Waals surface area contributed by atoms with Crippen LogP contribution in [0.5, 0.6) is 5.75 Å². The topological polar surface area (TPSA) is 66.0 Å². The SMILES string of the molecule is CCC(=O)N1CCC(NC(=NC)NCCc2ccccc2OC)C1. The lowest BCUT2D eigenvalue weighted by molar-refractivity contribution is -0.129. The lowest BCUT2D eigenvalue weighted by Crippen LogP contribution is -2.45. The van der Waals surface area contributed by atoms with E-state index in [9.17, 15) is 4.79 Å². The van der Waals surface area contributed by atoms with Gasteiger partial charge in [-0.25, -0.2) is 0 Å². The zero-order chi connectivity index (χ0) is 17.4. The molecule has 1 aliphatic rings. The van der Waals surface area contributed by atoms with E-state index in [-0.39, 0.29) is 11.9 Å². The smallest absolute Gasteiger partial charge is 0.222 e. The van der Waals surface area contributed by atoms with Gasteiger partial charge in [0.05, 0.1) is 7.11 Å². The van der Waals surface area contributed by atoms with Crippen molar-refractivity contribution in [1.29, 1.82) is 0 Å². The Kier molecular flexibility index (Phi) is 6.90. The van der Waals surface area contributed by atoms with Gasteiger partial charge in [0, 0.05) is 39.1 Å². The highest BCUT2D eigenvalue weighted by molar-refractivity contribution is 5.80. The van der Waals surface area contributed by atoms with Crippen molar-refractivity contribution >= 4 is 11.9 Å². The predicted molar refractivity (Wildman–Crippen MR) is 96.5 cm³/mol. The van der Waals surface area contributed by atoms with Gasteiger partial charge in [0.15, 0.2) is 5.96 Å². The van der Waals surface area contributed by atoms with Crippen LogP contribution in [0, 0.1) is 0 Å². The zero-order valence-corrected chi connectivity index (χ0v) is 14.8. The molecule has 0 spiro atoms. The standard InChI is InChI=1S/C18H28N4O2/c1-4-17(23)22-12-10-15(13-22)21-18(19-2)20-11-9-14-7-5-6-8-16(14)24-3/h5-8,15H,4,9-13H2,1-3H3,(H2,19,20,21). The average Bonchev–Trinajstić information content (AvgIpc) is 3.09. The molecule has 0 aliphatic carbocycles. The number of hydrogen-bond donors (Lipinski definition) is 2. The molecule has 1 aromatic rings. The summed E-state index contributed by atoms with van der Waals surface area (Å²) in [6.45, 7) is 4.24. The lowest BCUT2D eigenvalue weighted by atomic mass is 10.1. The van der Waals surface area contributed by atoms with E-state index in [1.54, 1.807) is 14.2 Å². The third-order valence-corrected chi connectivity index (χ3v) is 4.29. The van der Waals surface area contributed by atoms with Gasteiger partial charge >= 0.3 is 0 Å². The lowest BCUT2D eigenvalue weighted by Gasteiger charge is -2.19. The van der Waals surface area contributed by atoms with Crippen molar-refractivity contribution in [2.75, 3.05) is 33.8 Å². The number of benzene rings is 1. The summed E-state index contributed by atoms with van der Waals surface area (Å²) in [4.78, 5) is 17.9. The Labute approximate surface area is 144 Å². The Bertz CT molecular complexity index is 574. The second kappa shape index (κ2) is 9.15. The zero-order valence-electron chi connectivity index (χ0n) is 14.8. The summed E-state index contributed by atoms with van der Waals surface area (Å²) in [6, 6.07) is 8.29. The summed E-state index contributed by atoms with van der Waals surface area (Å²) in [5.74, 6) is 1.91. The number of likely N-dealkylation sites (tertiary alicyclic amines) is 1. The summed E-state index contributed by atoms with van der Waals surface area (Å²) in [5, 5.41) is 6.74. The first-order valence-electron chi connectivity index (χ1n) is 8.54. The Morgan fingerprint density at radius 3 is 2.92 bits per heavy atom. The Morgan fingerprint density at radius 1 is 1.42 bits per heavy atom. The van der Waals surface area contributed by atoms with Crippen molar-refractivity contribution in [3.8, 4) is 5.75 Å². The van der Waals surface area contributed by atoms with E-state index in [1.165, 1.54) is 5.56 Å². The summed E-state index contributed by atoms with van der Waals surface area (Å²) in [6.07, 6.45) is 2.38. The van der Waals surface area contributed by atoms with Crippen molar-refractivity contribution in [2.24, 2.45) is 4.99 Å². The molecule has 6 nitrogen and oxygen atoms in total. The molecule has 1 aliphatic heterocycles. The van der Waals surface area contributed by atoms with Crippen LogP contribution in [0.4, 0.5) is 0 Å². The van der Waals surface area contributed by atoms with E-state index >= 15 is 0 Å². The van der Waals surface area contributed by atoms with Crippen LogP contribution in [-0.4, -0.2) is 56.6 Å². The number of guanidine groups is 1. The molecule has 0 bridgehead atoms. The largest absolute Gasteiger partial charge is 0.496 e. The molecule has 1 amide bonds. The van der Waals surface area contributed by atoms with Crippen molar-refractivity contribution in [1.82, 2.24) is 15.5 Å². The maximum atomic E-state index is 11.7. The number of nitrogens with one attached hydrogen (secondary N) is 2. The van der Waals surface area contributed by atoms with Gasteiger partial charge < -0.3 is 20.3 Å². The molecule has 2 N–H and O–H groups in total. The second-order valence-electron chi connectivity index (χ2n) is 5.88. The van der Waals surface area contributed by atoms with E-state index in [2.05, 4.69) is 21.7 Å². The molecule has 0 radical (unpaired) electrons. The van der Waals surface area contributed by atoms with Gasteiger partial charge in [-0.1, -0.05) is 25.1 Å². The maximum Gasteiger partial charge on any atom is 0.222 e. The van der Waals surface area contributed by atoms with E-state index in [0.717, 1.165) is 44.2 Å². The van der Waals surface area contributed by atoms with Crippen molar-refractivity contribution in [2.45, 2.75) is 32.2 Å². The minimum absolute atomic E-state index is 0.221. The molecule has 6 heteroatoms. The van der Waals surface area contributed by atoms with E-state index < -0.39 is 0 Å². The number of carbonyl (C=O) groups is 1. The number of amides is 1. The van der Waals surface area contributed by atoms with Crippen molar-refractivity contribution in [3.63, 3.8) is 0 Å². The summed E-state index contributed by atoms with van der Waals surface area (Å²) >= 11 is 0. The predicted octanol–water partition coefficient (Wildman–Crippen LogP) is 1.41. The summed E-state index contributed by atoms with van der Waals surface area (Å²) in [7, 11) is 3.46. The normalized spacial score (nSPS) is 17.7. The van der Waals surface area contributed by atoms with E-state index in [4.69, 9.17) is 4.74 Å². The highest BCUT2D eigenvalue weighted by Crippen LogP contribution is 2.17. The number of carbonyl (C=O) groups excluding carboxylic acids is 1. The van der Waals surface area contributed by atoms with Gasteiger partial charge in [-0.15, -0.1) is 0 Å². The monoisotopic (exact) mass is 332 g/mol. The molecule has 1 heterocycles. The number of para-hydroxylation sites is 1. The van der Waals surface area contributed by atoms with E-state index in [1.807, 2.05) is 30.0 Å². The number of aliphatic imine (C=N–C) groups is 1. The quantitative estimate of drug-likeness (QED) is 0.611. The van der Waals surface area contributed by atoms with Crippen LogP contribution in [0.25, 0.3) is 0 Å². The molecule has 1 atom stereocenters. The molecule has 1 saturated heterocycles. The number of rotatable bonds is 6. The van der Waals surface area contributed by atoms with Crippen molar-refractivity contribution in [3.05, 3.63) is 29.8 Å². The van der Waals surface area contributed by atoms with Gasteiger partial charge in [0.25, 0.3) is 0 Å². The third kappa shape index (κ3) is 4.88. The Balaban J connectivity index is 1.78. The molecule has 2 rings (SSSR count). The van der Waals surface area contributed by atoms with Crippen LogP contribution in [0.3, 0.4) is 0 Å². The highest BCUT2D eigenvalue weighted by Gasteiger charge is 2.25. The minimum Gasteiger partial charge on any atom is -0.496 e. The summed E-state index contributed by atoms with van der Waals surface area (Å²) in [5.41, 5.74) is 1.17. The molecular formula is C18H28N4O2. The summed E-state index contributed by atoms with van der Waals surface area (Å²) < 4.78 is 5.37. The van der Waals surface area contributed by atoms with Crippen LogP contribution in [0.1, 0.15) is 25.3 Å². The number of hydrogen-bond acceptors (Lipinski definition) is 3. The molecule has 1 fully saturated rings. The van der Waals surface area contributed by atoms with Gasteiger partial charge in [-0.05, 0) is 24.5 Å². The van der Waals surface area contributed by atoms with Gasteiger partial charge in [0.1, 0.15) is 5.75 Å². The fourth-order valence-electron chi connectivity index (χ4n) is 2.94. The Hall–Kier alpha value is -2.24.